The summed E-state index contributed by atoms with van der Waals surface area (Å²) in [7, 11) is 0. The van der Waals surface area contributed by atoms with Crippen molar-refractivity contribution in [3.05, 3.63) is 53.3 Å². The van der Waals surface area contributed by atoms with Gasteiger partial charge in [-0.2, -0.15) is 9.97 Å². The van der Waals surface area contributed by atoms with E-state index in [1.54, 1.807) is 18.3 Å². The molecule has 0 fully saturated rings. The fraction of sp³-hybridized carbons (Fsp3) is 0.0769. The number of benzene rings is 1. The summed E-state index contributed by atoms with van der Waals surface area (Å²) < 4.78 is 12.8. The molecular formula is C13H9ClFN5. The lowest BCUT2D eigenvalue weighted by Gasteiger charge is -2.07. The van der Waals surface area contributed by atoms with Crippen LogP contribution in [0.1, 0.15) is 5.56 Å². The first-order chi connectivity index (χ1) is 9.72. The summed E-state index contributed by atoms with van der Waals surface area (Å²) in [6, 6.07) is 6.20. The summed E-state index contributed by atoms with van der Waals surface area (Å²) in [6.45, 7) is 0.472. The molecule has 0 radical (unpaired) electrons. The second-order valence-electron chi connectivity index (χ2n) is 4.05. The van der Waals surface area contributed by atoms with E-state index >= 15 is 0 Å². The number of fused-ring (bicyclic) bond motifs is 1. The Labute approximate surface area is 118 Å². The third-order valence-electron chi connectivity index (χ3n) is 2.68. The van der Waals surface area contributed by atoms with Crippen LogP contribution in [0.25, 0.3) is 11.2 Å². The second-order valence-corrected chi connectivity index (χ2v) is 4.39. The molecule has 0 aliphatic heterocycles. The van der Waals surface area contributed by atoms with E-state index in [4.69, 9.17) is 11.6 Å². The van der Waals surface area contributed by atoms with E-state index in [-0.39, 0.29) is 11.1 Å². The van der Waals surface area contributed by atoms with Crippen LogP contribution in [0.5, 0.6) is 0 Å². The van der Waals surface area contributed by atoms with Gasteiger partial charge in [-0.15, -0.1) is 0 Å². The molecule has 0 atom stereocenters. The molecule has 20 heavy (non-hydrogen) atoms. The van der Waals surface area contributed by atoms with Crippen LogP contribution in [0.15, 0.2) is 36.7 Å². The Bertz CT molecular complexity index is 747. The van der Waals surface area contributed by atoms with Gasteiger partial charge < -0.3 is 5.32 Å². The minimum Gasteiger partial charge on any atom is -0.364 e. The van der Waals surface area contributed by atoms with Crippen LogP contribution in [0, 0.1) is 5.82 Å². The fourth-order valence-electron chi connectivity index (χ4n) is 1.75. The zero-order chi connectivity index (χ0) is 13.9. The summed E-state index contributed by atoms with van der Waals surface area (Å²) in [4.78, 5) is 16.4. The van der Waals surface area contributed by atoms with Crippen molar-refractivity contribution in [1.82, 2.24) is 19.9 Å². The number of nitrogens with zero attached hydrogens (tertiary/aromatic N) is 4. The highest BCUT2D eigenvalue weighted by Gasteiger charge is 2.08. The molecule has 5 nitrogen and oxygen atoms in total. The SMILES string of the molecule is Fc1ccc(CNc2nc(Cl)nc3nccnc23)cc1. The van der Waals surface area contributed by atoms with Crippen molar-refractivity contribution in [2.24, 2.45) is 0 Å². The monoisotopic (exact) mass is 289 g/mol. The van der Waals surface area contributed by atoms with E-state index in [1.807, 2.05) is 0 Å². The van der Waals surface area contributed by atoms with Crippen LogP contribution < -0.4 is 5.32 Å². The van der Waals surface area contributed by atoms with Crippen LogP contribution in [-0.4, -0.2) is 19.9 Å². The Kier molecular flexibility index (Phi) is 3.39. The topological polar surface area (TPSA) is 63.6 Å². The molecule has 0 aliphatic rings. The molecule has 0 amide bonds. The maximum atomic E-state index is 12.8. The van der Waals surface area contributed by atoms with Gasteiger partial charge in [-0.25, -0.2) is 14.4 Å². The highest BCUT2D eigenvalue weighted by molar-refractivity contribution is 6.28. The van der Waals surface area contributed by atoms with Crippen molar-refractivity contribution in [3.8, 4) is 0 Å². The molecule has 0 saturated carbocycles. The smallest absolute Gasteiger partial charge is 0.226 e. The molecule has 3 rings (SSSR count). The minimum absolute atomic E-state index is 0.0969. The Morgan fingerprint density at radius 1 is 1.05 bits per heavy atom. The molecule has 0 unspecified atom stereocenters. The van der Waals surface area contributed by atoms with Crippen molar-refractivity contribution in [2.75, 3.05) is 5.32 Å². The summed E-state index contributed by atoms with van der Waals surface area (Å²) in [5, 5.41) is 3.20. The molecular weight excluding hydrogens is 281 g/mol. The average Bonchev–Trinajstić information content (AvgIpc) is 2.46. The molecule has 1 N–H and O–H groups in total. The zero-order valence-electron chi connectivity index (χ0n) is 10.2. The predicted molar refractivity (Wildman–Crippen MR) is 73.9 cm³/mol. The van der Waals surface area contributed by atoms with Crippen LogP contribution in [0.4, 0.5) is 10.2 Å². The van der Waals surface area contributed by atoms with E-state index in [9.17, 15) is 4.39 Å². The lowest BCUT2D eigenvalue weighted by molar-refractivity contribution is 0.627. The molecule has 0 bridgehead atoms. The van der Waals surface area contributed by atoms with E-state index in [1.165, 1.54) is 18.3 Å². The Morgan fingerprint density at radius 3 is 2.60 bits per heavy atom. The third kappa shape index (κ3) is 2.65. The minimum atomic E-state index is -0.268. The molecule has 0 saturated heterocycles. The fourth-order valence-corrected chi connectivity index (χ4v) is 1.91. The van der Waals surface area contributed by atoms with Crippen molar-refractivity contribution in [2.45, 2.75) is 6.54 Å². The maximum Gasteiger partial charge on any atom is 0.226 e. The normalized spacial score (nSPS) is 10.7. The Hall–Kier alpha value is -2.34. The maximum absolute atomic E-state index is 12.8. The number of hydrogen-bond donors (Lipinski definition) is 1. The van der Waals surface area contributed by atoms with Gasteiger partial charge in [-0.3, -0.25) is 0 Å². The number of anilines is 1. The quantitative estimate of drug-likeness (QED) is 0.751. The van der Waals surface area contributed by atoms with Gasteiger partial charge in [-0.05, 0) is 29.3 Å². The summed E-state index contributed by atoms with van der Waals surface area (Å²) in [5.74, 6) is 0.229. The van der Waals surface area contributed by atoms with Gasteiger partial charge in [0.1, 0.15) is 5.82 Å². The second kappa shape index (κ2) is 5.34. The summed E-state index contributed by atoms with van der Waals surface area (Å²) in [6.07, 6.45) is 3.10. The van der Waals surface area contributed by atoms with Gasteiger partial charge in [0.25, 0.3) is 0 Å². The first-order valence-electron chi connectivity index (χ1n) is 5.85. The standard InChI is InChI=1S/C13H9ClFN5/c14-13-19-11-10(16-5-6-17-11)12(20-13)18-7-8-1-3-9(15)4-2-8/h1-6H,7H2,(H,17,18,19,20). The molecule has 0 spiro atoms. The third-order valence-corrected chi connectivity index (χ3v) is 2.85. The van der Waals surface area contributed by atoms with Crippen LogP contribution in [-0.2, 0) is 6.54 Å². The predicted octanol–water partition coefficient (Wildman–Crippen LogP) is 2.82. The van der Waals surface area contributed by atoms with E-state index in [0.717, 1.165) is 5.56 Å². The Morgan fingerprint density at radius 2 is 1.80 bits per heavy atom. The molecule has 1 aromatic carbocycles. The lowest BCUT2D eigenvalue weighted by Crippen LogP contribution is -2.04. The van der Waals surface area contributed by atoms with Gasteiger partial charge in [0.15, 0.2) is 17.0 Å². The van der Waals surface area contributed by atoms with Crippen molar-refractivity contribution < 1.29 is 4.39 Å². The van der Waals surface area contributed by atoms with Crippen molar-refractivity contribution >= 4 is 28.6 Å². The number of aromatic nitrogens is 4. The largest absolute Gasteiger partial charge is 0.364 e. The van der Waals surface area contributed by atoms with Crippen LogP contribution in [0.3, 0.4) is 0 Å². The van der Waals surface area contributed by atoms with Crippen LogP contribution >= 0.6 is 11.6 Å². The van der Waals surface area contributed by atoms with Crippen molar-refractivity contribution in [1.29, 1.82) is 0 Å². The molecule has 2 aromatic heterocycles. The number of hydrogen-bond acceptors (Lipinski definition) is 5. The highest BCUT2D eigenvalue weighted by atomic mass is 35.5. The highest BCUT2D eigenvalue weighted by Crippen LogP contribution is 2.18. The van der Waals surface area contributed by atoms with Crippen LogP contribution in [0.2, 0.25) is 5.28 Å². The van der Waals surface area contributed by atoms with Crippen molar-refractivity contribution in [3.63, 3.8) is 0 Å². The average molecular weight is 290 g/mol. The van der Waals surface area contributed by atoms with Gasteiger partial charge in [0.2, 0.25) is 5.28 Å². The number of halogens is 2. The van der Waals surface area contributed by atoms with Gasteiger partial charge in [0.05, 0.1) is 0 Å². The number of rotatable bonds is 3. The Balaban J connectivity index is 1.88. The number of nitrogens with one attached hydrogen (secondary N) is 1. The zero-order valence-corrected chi connectivity index (χ0v) is 11.0. The first kappa shape index (κ1) is 12.7. The van der Waals surface area contributed by atoms with E-state index in [2.05, 4.69) is 25.3 Å². The summed E-state index contributed by atoms with van der Waals surface area (Å²) in [5.41, 5.74) is 1.88. The summed E-state index contributed by atoms with van der Waals surface area (Å²) >= 11 is 5.85. The van der Waals surface area contributed by atoms with Gasteiger partial charge >= 0.3 is 0 Å². The molecule has 2 heterocycles. The lowest BCUT2D eigenvalue weighted by atomic mass is 10.2. The van der Waals surface area contributed by atoms with Gasteiger partial charge in [-0.1, -0.05) is 12.1 Å². The molecule has 3 aromatic rings. The van der Waals surface area contributed by atoms with Gasteiger partial charge in [0, 0.05) is 18.9 Å². The van der Waals surface area contributed by atoms with E-state index < -0.39 is 0 Å². The molecule has 7 heteroatoms. The molecule has 0 aliphatic carbocycles. The molecule has 100 valence electrons. The first-order valence-corrected chi connectivity index (χ1v) is 6.23. The van der Waals surface area contributed by atoms with E-state index in [0.29, 0.717) is 23.5 Å².